The molecule has 1 aromatic rings. The van der Waals surface area contributed by atoms with Crippen LogP contribution in [-0.2, 0) is 19.2 Å². The van der Waals surface area contributed by atoms with E-state index >= 15 is 0 Å². The lowest BCUT2D eigenvalue weighted by molar-refractivity contribution is -0.136. The number of nitrogens with one attached hydrogen (secondary N) is 4. The third-order valence-electron chi connectivity index (χ3n) is 5.94. The van der Waals surface area contributed by atoms with Gasteiger partial charge in [-0.25, -0.2) is 0 Å². The number of carbonyl (C=O) groups is 6. The number of nitrogens with zero attached hydrogens (tertiary/aromatic N) is 1. The predicted molar refractivity (Wildman–Crippen MR) is 122 cm³/mol. The topological polar surface area (TPSA) is 163 Å². The second kappa shape index (κ2) is 11.6. The summed E-state index contributed by atoms with van der Waals surface area (Å²) in [5.74, 6) is -2.94. The van der Waals surface area contributed by atoms with E-state index in [9.17, 15) is 28.8 Å². The van der Waals surface area contributed by atoms with Crippen molar-refractivity contribution in [3.8, 4) is 5.75 Å². The SMILES string of the molecule is CNC(=O)[C@H](CCCCNC(=O)COc1cccc2c1C(=O)N(C1CCC(=O)NC1=O)C2=O)NC. The average Bonchev–Trinajstić information content (AvgIpc) is 3.10. The number of rotatable bonds is 11. The van der Waals surface area contributed by atoms with Crippen molar-refractivity contribution < 1.29 is 33.5 Å². The molecule has 6 amide bonds. The van der Waals surface area contributed by atoms with Gasteiger partial charge < -0.3 is 20.7 Å². The quantitative estimate of drug-likeness (QED) is 0.230. The molecule has 2 aliphatic rings. The van der Waals surface area contributed by atoms with Crippen molar-refractivity contribution in [1.82, 2.24) is 26.2 Å². The van der Waals surface area contributed by atoms with E-state index in [2.05, 4.69) is 21.3 Å². The van der Waals surface area contributed by atoms with E-state index in [1.807, 2.05) is 0 Å². The fourth-order valence-corrected chi connectivity index (χ4v) is 4.08. The molecule has 2 heterocycles. The van der Waals surface area contributed by atoms with Crippen LogP contribution in [0.4, 0.5) is 0 Å². The molecule has 35 heavy (non-hydrogen) atoms. The first kappa shape index (κ1) is 25.8. The molecule has 0 aromatic heterocycles. The monoisotopic (exact) mass is 487 g/mol. The molecule has 1 aromatic carbocycles. The summed E-state index contributed by atoms with van der Waals surface area (Å²) in [6, 6.07) is 3.07. The molecule has 1 unspecified atom stereocenters. The molecule has 0 radical (unpaired) electrons. The van der Waals surface area contributed by atoms with Gasteiger partial charge in [-0.3, -0.25) is 39.0 Å². The van der Waals surface area contributed by atoms with Crippen LogP contribution in [0.15, 0.2) is 18.2 Å². The third kappa shape index (κ3) is 5.83. The number of hydrogen-bond acceptors (Lipinski definition) is 8. The zero-order chi connectivity index (χ0) is 25.5. The molecular formula is C23H29N5O7. The summed E-state index contributed by atoms with van der Waals surface area (Å²) in [7, 11) is 3.28. The number of likely N-dealkylation sites (N-methyl/N-ethyl adjacent to an activating group) is 2. The Bertz CT molecular complexity index is 1040. The molecule has 1 fully saturated rings. The Hall–Kier alpha value is -3.80. The van der Waals surface area contributed by atoms with Gasteiger partial charge >= 0.3 is 0 Å². The Labute approximate surface area is 202 Å². The van der Waals surface area contributed by atoms with Crippen LogP contribution in [0.5, 0.6) is 5.75 Å². The van der Waals surface area contributed by atoms with Crippen molar-refractivity contribution in [2.24, 2.45) is 0 Å². The van der Waals surface area contributed by atoms with Crippen LogP contribution in [0.25, 0.3) is 0 Å². The van der Waals surface area contributed by atoms with Crippen molar-refractivity contribution in [2.75, 3.05) is 27.2 Å². The van der Waals surface area contributed by atoms with Gasteiger partial charge in [-0.05, 0) is 44.9 Å². The van der Waals surface area contributed by atoms with E-state index in [1.54, 1.807) is 14.1 Å². The number of amides is 6. The smallest absolute Gasteiger partial charge is 0.266 e. The number of unbranched alkanes of at least 4 members (excludes halogenated alkanes) is 1. The molecule has 3 rings (SSSR count). The molecule has 2 atom stereocenters. The minimum atomic E-state index is -1.08. The van der Waals surface area contributed by atoms with Crippen LogP contribution in [0, 0.1) is 0 Å². The Morgan fingerprint density at radius 1 is 1.14 bits per heavy atom. The molecule has 1 saturated heterocycles. The fraction of sp³-hybridized carbons (Fsp3) is 0.478. The molecule has 12 heteroatoms. The minimum absolute atomic E-state index is 0.0118. The average molecular weight is 488 g/mol. The molecule has 188 valence electrons. The van der Waals surface area contributed by atoms with Crippen molar-refractivity contribution in [3.63, 3.8) is 0 Å². The maximum atomic E-state index is 13.0. The lowest BCUT2D eigenvalue weighted by atomic mass is 10.0. The normalized spacial score (nSPS) is 18.1. The molecule has 0 spiro atoms. The van der Waals surface area contributed by atoms with Crippen molar-refractivity contribution in [3.05, 3.63) is 29.3 Å². The molecular weight excluding hydrogens is 458 g/mol. The van der Waals surface area contributed by atoms with Gasteiger partial charge in [-0.1, -0.05) is 6.07 Å². The van der Waals surface area contributed by atoms with Crippen LogP contribution in [0.3, 0.4) is 0 Å². The highest BCUT2D eigenvalue weighted by Crippen LogP contribution is 2.33. The number of hydrogen-bond donors (Lipinski definition) is 4. The summed E-state index contributed by atoms with van der Waals surface area (Å²) < 4.78 is 5.54. The van der Waals surface area contributed by atoms with Gasteiger partial charge in [-0.15, -0.1) is 0 Å². The lowest BCUT2D eigenvalue weighted by Gasteiger charge is -2.27. The molecule has 0 saturated carbocycles. The van der Waals surface area contributed by atoms with E-state index in [1.165, 1.54) is 18.2 Å². The maximum Gasteiger partial charge on any atom is 0.266 e. The predicted octanol–water partition coefficient (Wildman–Crippen LogP) is -0.913. The van der Waals surface area contributed by atoms with Crippen LogP contribution in [-0.4, -0.2) is 79.7 Å². The highest BCUT2D eigenvalue weighted by atomic mass is 16.5. The second-order valence-electron chi connectivity index (χ2n) is 8.22. The molecule has 12 nitrogen and oxygen atoms in total. The first-order valence-electron chi connectivity index (χ1n) is 11.4. The van der Waals surface area contributed by atoms with Gasteiger partial charge in [0, 0.05) is 20.0 Å². The van der Waals surface area contributed by atoms with Crippen molar-refractivity contribution in [2.45, 2.75) is 44.2 Å². The van der Waals surface area contributed by atoms with Gasteiger partial charge in [0.2, 0.25) is 17.7 Å². The number of ether oxygens (including phenoxy) is 1. The highest BCUT2D eigenvalue weighted by Gasteiger charge is 2.46. The minimum Gasteiger partial charge on any atom is -0.483 e. The van der Waals surface area contributed by atoms with Gasteiger partial charge in [0.25, 0.3) is 17.7 Å². The van der Waals surface area contributed by atoms with Gasteiger partial charge in [0.1, 0.15) is 11.8 Å². The zero-order valence-electron chi connectivity index (χ0n) is 19.6. The molecule has 2 aliphatic heterocycles. The standard InChI is InChI=1S/C23H29N5O7/c1-24-14(20(31)25-2)7-3-4-11-26-18(30)12-35-16-8-5-6-13-19(16)23(34)28(22(13)33)15-9-10-17(29)27-21(15)32/h5-6,8,14-15,24H,3-4,7,9-12H2,1-2H3,(H,25,31)(H,26,30)(H,27,29,32)/t14-,15?/m0/s1. The van der Waals surface area contributed by atoms with Crippen LogP contribution < -0.4 is 26.0 Å². The van der Waals surface area contributed by atoms with Gasteiger partial charge in [-0.2, -0.15) is 0 Å². The number of imide groups is 2. The number of fused-ring (bicyclic) bond motifs is 1. The van der Waals surface area contributed by atoms with Crippen molar-refractivity contribution >= 4 is 35.4 Å². The summed E-state index contributed by atoms with van der Waals surface area (Å²) in [5, 5.41) is 10.4. The van der Waals surface area contributed by atoms with E-state index in [4.69, 9.17) is 4.74 Å². The lowest BCUT2D eigenvalue weighted by Crippen LogP contribution is -2.54. The highest BCUT2D eigenvalue weighted by molar-refractivity contribution is 6.24. The zero-order valence-corrected chi connectivity index (χ0v) is 19.6. The van der Waals surface area contributed by atoms with E-state index < -0.39 is 35.6 Å². The van der Waals surface area contributed by atoms with Crippen LogP contribution in [0.2, 0.25) is 0 Å². The van der Waals surface area contributed by atoms with E-state index in [0.29, 0.717) is 19.4 Å². The maximum absolute atomic E-state index is 13.0. The Morgan fingerprint density at radius 2 is 1.91 bits per heavy atom. The fourth-order valence-electron chi connectivity index (χ4n) is 4.08. The first-order chi connectivity index (χ1) is 16.8. The Kier molecular flexibility index (Phi) is 8.53. The van der Waals surface area contributed by atoms with Crippen LogP contribution in [0.1, 0.15) is 52.8 Å². The van der Waals surface area contributed by atoms with E-state index in [-0.39, 0.29) is 48.3 Å². The number of piperidine rings is 1. The van der Waals surface area contributed by atoms with Gasteiger partial charge in [0.05, 0.1) is 17.2 Å². The number of benzene rings is 1. The summed E-state index contributed by atoms with van der Waals surface area (Å²) >= 11 is 0. The summed E-state index contributed by atoms with van der Waals surface area (Å²) in [4.78, 5) is 74.2. The molecule has 0 bridgehead atoms. The first-order valence-corrected chi connectivity index (χ1v) is 11.4. The number of carbonyl (C=O) groups excluding carboxylic acids is 6. The van der Waals surface area contributed by atoms with Crippen molar-refractivity contribution in [1.29, 1.82) is 0 Å². The Morgan fingerprint density at radius 3 is 2.60 bits per heavy atom. The third-order valence-corrected chi connectivity index (χ3v) is 5.94. The largest absolute Gasteiger partial charge is 0.483 e. The Balaban J connectivity index is 1.53. The molecule has 0 aliphatic carbocycles. The second-order valence-corrected chi connectivity index (χ2v) is 8.22. The summed E-state index contributed by atoms with van der Waals surface area (Å²) in [6.45, 7) is 0.0215. The van der Waals surface area contributed by atoms with Crippen LogP contribution >= 0.6 is 0 Å². The van der Waals surface area contributed by atoms with E-state index in [0.717, 1.165) is 11.3 Å². The van der Waals surface area contributed by atoms with Gasteiger partial charge in [0.15, 0.2) is 6.61 Å². The molecule has 4 N–H and O–H groups in total. The summed E-state index contributed by atoms with van der Waals surface area (Å²) in [6.07, 6.45) is 2.08. The summed E-state index contributed by atoms with van der Waals surface area (Å²) in [5.41, 5.74) is 0.0649.